The fourth-order valence-corrected chi connectivity index (χ4v) is 4.60. The summed E-state index contributed by atoms with van der Waals surface area (Å²) < 4.78 is 28.0. The van der Waals surface area contributed by atoms with Crippen molar-refractivity contribution in [2.45, 2.75) is 34.9 Å². The normalized spacial score (nSPS) is 22.8. The topological polar surface area (TPSA) is 123 Å². The molecule has 0 spiro atoms. The lowest BCUT2D eigenvalue weighted by Gasteiger charge is -2.20. The predicted molar refractivity (Wildman–Crippen MR) is 94.5 cm³/mol. The first kappa shape index (κ1) is 18.0. The number of carboxylic acid groups (broad SMARTS) is 1. The number of aliphatic carboxylic acids is 1. The van der Waals surface area contributed by atoms with Gasteiger partial charge in [0.1, 0.15) is 22.9 Å². The zero-order chi connectivity index (χ0) is 18.4. The van der Waals surface area contributed by atoms with Crippen LogP contribution in [0.1, 0.15) is 25.0 Å². The van der Waals surface area contributed by atoms with Gasteiger partial charge in [0, 0.05) is 10.3 Å². The Kier molecular flexibility index (Phi) is 4.44. The third-order valence-corrected chi connectivity index (χ3v) is 6.41. The van der Waals surface area contributed by atoms with Gasteiger partial charge in [0.05, 0.1) is 4.90 Å². The maximum absolute atomic E-state index is 11.4. The first-order valence-electron chi connectivity index (χ1n) is 7.47. The number of thioether (sulfide) groups is 1. The van der Waals surface area contributed by atoms with Gasteiger partial charge in [-0.05, 0) is 50.2 Å². The molecule has 0 amide bonds. The van der Waals surface area contributed by atoms with Crippen LogP contribution in [0, 0.1) is 0 Å². The van der Waals surface area contributed by atoms with Crippen molar-refractivity contribution >= 4 is 27.8 Å². The fraction of sp³-hybridized carbons (Fsp3) is 0.312. The van der Waals surface area contributed by atoms with Crippen LogP contribution in [-0.4, -0.2) is 30.3 Å². The molecule has 0 aliphatic carbocycles. The molecule has 4 N–H and O–H groups in total. The average Bonchev–Trinajstić information content (AvgIpc) is 3.10. The Bertz CT molecular complexity index is 903. The van der Waals surface area contributed by atoms with Crippen LogP contribution < -0.4 is 10.5 Å². The van der Waals surface area contributed by atoms with Gasteiger partial charge in [-0.25, -0.2) is 13.6 Å². The largest absolute Gasteiger partial charge is 0.480 e. The highest BCUT2D eigenvalue weighted by molar-refractivity contribution is 8.01. The zero-order valence-electron chi connectivity index (χ0n) is 13.6. The second-order valence-electron chi connectivity index (χ2n) is 6.31. The van der Waals surface area contributed by atoms with Gasteiger partial charge in [-0.1, -0.05) is 0 Å². The molecule has 2 heterocycles. The number of hydrogen-bond donors (Lipinski definition) is 3. The van der Waals surface area contributed by atoms with Crippen molar-refractivity contribution in [1.82, 2.24) is 5.32 Å². The van der Waals surface area contributed by atoms with Crippen LogP contribution >= 0.6 is 11.8 Å². The Morgan fingerprint density at radius 3 is 2.40 bits per heavy atom. The molecular formula is C16H18N2O5S2. The van der Waals surface area contributed by atoms with E-state index in [9.17, 15) is 18.3 Å². The Hall–Kier alpha value is -1.81. The number of furan rings is 1. The van der Waals surface area contributed by atoms with E-state index in [1.165, 1.54) is 23.9 Å². The van der Waals surface area contributed by atoms with Crippen molar-refractivity contribution in [3.05, 3.63) is 42.2 Å². The molecular weight excluding hydrogens is 364 g/mol. The summed E-state index contributed by atoms with van der Waals surface area (Å²) >= 11 is 1.49. The molecule has 7 nitrogen and oxygen atoms in total. The Morgan fingerprint density at radius 2 is 1.88 bits per heavy atom. The molecule has 1 saturated heterocycles. The quantitative estimate of drug-likeness (QED) is 0.740. The van der Waals surface area contributed by atoms with Crippen LogP contribution in [0.15, 0.2) is 45.7 Å². The van der Waals surface area contributed by atoms with Gasteiger partial charge >= 0.3 is 5.97 Å². The molecule has 2 unspecified atom stereocenters. The third kappa shape index (κ3) is 3.59. The number of carbonyl (C=O) groups is 1. The SMILES string of the molecule is CC1(C)SC(c2ccc(-c3ccc(S(N)(=O)=O)cc3)o2)NC1C(=O)O. The van der Waals surface area contributed by atoms with E-state index in [1.807, 2.05) is 13.8 Å². The number of rotatable bonds is 4. The minimum Gasteiger partial charge on any atom is -0.480 e. The number of hydrogen-bond acceptors (Lipinski definition) is 6. The monoisotopic (exact) mass is 382 g/mol. The lowest BCUT2D eigenvalue weighted by molar-refractivity contribution is -0.139. The number of primary sulfonamides is 1. The molecule has 9 heteroatoms. The van der Waals surface area contributed by atoms with E-state index in [1.54, 1.807) is 24.3 Å². The molecule has 25 heavy (non-hydrogen) atoms. The summed E-state index contributed by atoms with van der Waals surface area (Å²) in [4.78, 5) is 11.4. The van der Waals surface area contributed by atoms with Crippen molar-refractivity contribution < 1.29 is 22.7 Å². The minimum atomic E-state index is -3.74. The van der Waals surface area contributed by atoms with Crippen LogP contribution in [0.25, 0.3) is 11.3 Å². The molecule has 0 bridgehead atoms. The van der Waals surface area contributed by atoms with E-state index in [0.717, 1.165) is 0 Å². The van der Waals surface area contributed by atoms with Crippen LogP contribution in [0.2, 0.25) is 0 Å². The maximum atomic E-state index is 11.4. The van der Waals surface area contributed by atoms with E-state index in [2.05, 4.69) is 5.32 Å². The van der Waals surface area contributed by atoms with Gasteiger partial charge in [-0.3, -0.25) is 10.1 Å². The molecule has 134 valence electrons. The van der Waals surface area contributed by atoms with Gasteiger partial charge in [-0.2, -0.15) is 0 Å². The third-order valence-electron chi connectivity index (χ3n) is 4.03. The molecule has 1 aromatic carbocycles. The fourth-order valence-electron chi connectivity index (χ4n) is 2.72. The van der Waals surface area contributed by atoms with Crippen LogP contribution in [0.4, 0.5) is 0 Å². The maximum Gasteiger partial charge on any atom is 0.322 e. The van der Waals surface area contributed by atoms with Gasteiger partial charge in [-0.15, -0.1) is 11.8 Å². The highest BCUT2D eigenvalue weighted by atomic mass is 32.2. The summed E-state index contributed by atoms with van der Waals surface area (Å²) in [6.45, 7) is 3.75. The standard InChI is InChI=1S/C16H18N2O5S2/c1-16(2)13(15(19)20)18-14(24-16)12-8-7-11(23-12)9-3-5-10(6-4-9)25(17,21)22/h3-8,13-14,18H,1-2H3,(H,19,20)(H2,17,21,22). The lowest BCUT2D eigenvalue weighted by atomic mass is 10.0. The number of carboxylic acids is 1. The Labute approximate surface area is 149 Å². The van der Waals surface area contributed by atoms with Crippen molar-refractivity contribution in [2.24, 2.45) is 5.14 Å². The number of nitrogens with one attached hydrogen (secondary N) is 1. The molecule has 2 atom stereocenters. The summed E-state index contributed by atoms with van der Waals surface area (Å²) in [5, 5.41) is 17.2. The summed E-state index contributed by atoms with van der Waals surface area (Å²) in [6.07, 6.45) is 0. The van der Waals surface area contributed by atoms with Gasteiger partial charge in [0.15, 0.2) is 0 Å². The smallest absolute Gasteiger partial charge is 0.322 e. The zero-order valence-corrected chi connectivity index (χ0v) is 15.2. The molecule has 3 rings (SSSR count). The first-order valence-corrected chi connectivity index (χ1v) is 9.90. The first-order chi connectivity index (χ1) is 11.6. The van der Waals surface area contributed by atoms with Gasteiger partial charge in [0.25, 0.3) is 0 Å². The van der Waals surface area contributed by atoms with E-state index in [4.69, 9.17) is 9.56 Å². The summed E-state index contributed by atoms with van der Waals surface area (Å²) in [7, 11) is -3.74. The Balaban J connectivity index is 1.83. The minimum absolute atomic E-state index is 0.0297. The van der Waals surface area contributed by atoms with Crippen molar-refractivity contribution in [2.75, 3.05) is 0 Å². The van der Waals surface area contributed by atoms with Crippen LogP contribution in [0.3, 0.4) is 0 Å². The van der Waals surface area contributed by atoms with Crippen LogP contribution in [0.5, 0.6) is 0 Å². The molecule has 0 radical (unpaired) electrons. The molecule has 1 fully saturated rings. The predicted octanol–water partition coefficient (Wildman–Crippen LogP) is 2.16. The molecule has 1 aliphatic heterocycles. The summed E-state index contributed by atoms with van der Waals surface area (Å²) in [5.41, 5.74) is 0.704. The Morgan fingerprint density at radius 1 is 1.24 bits per heavy atom. The molecule has 2 aromatic rings. The lowest BCUT2D eigenvalue weighted by Crippen LogP contribution is -2.43. The number of benzene rings is 1. The average molecular weight is 382 g/mol. The van der Waals surface area contributed by atoms with E-state index in [-0.39, 0.29) is 10.3 Å². The molecule has 1 aromatic heterocycles. The van der Waals surface area contributed by atoms with Crippen molar-refractivity contribution in [1.29, 1.82) is 0 Å². The van der Waals surface area contributed by atoms with Gasteiger partial charge in [0.2, 0.25) is 10.0 Å². The second-order valence-corrected chi connectivity index (χ2v) is 9.63. The second kappa shape index (κ2) is 6.17. The van der Waals surface area contributed by atoms with Crippen molar-refractivity contribution in [3.63, 3.8) is 0 Å². The van der Waals surface area contributed by atoms with E-state index >= 15 is 0 Å². The van der Waals surface area contributed by atoms with E-state index in [0.29, 0.717) is 17.1 Å². The molecule has 1 aliphatic rings. The molecule has 0 saturated carbocycles. The van der Waals surface area contributed by atoms with Crippen molar-refractivity contribution in [3.8, 4) is 11.3 Å². The van der Waals surface area contributed by atoms with Gasteiger partial charge < -0.3 is 9.52 Å². The van der Waals surface area contributed by atoms with E-state index < -0.39 is 26.8 Å². The number of sulfonamides is 1. The highest BCUT2D eigenvalue weighted by Crippen LogP contribution is 2.46. The van der Waals surface area contributed by atoms with Crippen LogP contribution in [-0.2, 0) is 14.8 Å². The summed E-state index contributed by atoms with van der Waals surface area (Å²) in [5.74, 6) is 0.285. The number of nitrogens with two attached hydrogens (primary N) is 1. The highest BCUT2D eigenvalue weighted by Gasteiger charge is 2.46. The summed E-state index contributed by atoms with van der Waals surface area (Å²) in [6, 6.07) is 8.93.